The molecule has 0 saturated carbocycles. The van der Waals surface area contributed by atoms with E-state index in [4.69, 9.17) is 9.47 Å². The van der Waals surface area contributed by atoms with Gasteiger partial charge < -0.3 is 9.47 Å². The van der Waals surface area contributed by atoms with Gasteiger partial charge in [0.05, 0.1) is 25.3 Å². The lowest BCUT2D eigenvalue weighted by atomic mass is 10.1. The largest absolute Gasteiger partial charge is 0.347 e. The summed E-state index contributed by atoms with van der Waals surface area (Å²) in [6, 6.07) is 7.93. The second-order valence-electron chi connectivity index (χ2n) is 4.75. The lowest BCUT2D eigenvalue weighted by molar-refractivity contribution is -0.159. The summed E-state index contributed by atoms with van der Waals surface area (Å²) in [6.45, 7) is 4.66. The Labute approximate surface area is 131 Å². The number of ether oxygens (including phenoxy) is 2. The molecule has 6 heteroatoms. The van der Waals surface area contributed by atoms with E-state index in [1.54, 1.807) is 6.92 Å². The molecule has 5 nitrogen and oxygen atoms in total. The molecule has 0 radical (unpaired) electrons. The number of hydrogen-bond acceptors (Lipinski definition) is 4. The Hall–Kier alpha value is -0.990. The zero-order valence-electron chi connectivity index (χ0n) is 11.5. The predicted molar refractivity (Wildman–Crippen MR) is 84.4 cm³/mol. The third kappa shape index (κ3) is 4.26. The number of rotatable bonds is 4. The highest BCUT2D eigenvalue weighted by Gasteiger charge is 2.33. The van der Waals surface area contributed by atoms with Gasteiger partial charge in [-0.3, -0.25) is 4.79 Å². The average molecular weight is 388 g/mol. The van der Waals surface area contributed by atoms with E-state index in [1.165, 1.54) is 0 Å². The van der Waals surface area contributed by atoms with Gasteiger partial charge in [0.25, 0.3) is 0 Å². The van der Waals surface area contributed by atoms with Crippen LogP contribution in [0.3, 0.4) is 0 Å². The summed E-state index contributed by atoms with van der Waals surface area (Å²) in [4.78, 5) is 11.8. The minimum absolute atomic E-state index is 0.135. The Morgan fingerprint density at radius 1 is 1.45 bits per heavy atom. The van der Waals surface area contributed by atoms with Crippen molar-refractivity contribution >= 4 is 34.2 Å². The van der Waals surface area contributed by atoms with Gasteiger partial charge in [-0.25, -0.2) is 5.43 Å². The lowest BCUT2D eigenvalue weighted by Crippen LogP contribution is -2.33. The standard InChI is InChI=1S/C14H17IN2O3/c1-10(11-4-3-5-12(15)8-11)16-17-13(18)9-14(2)19-6-7-20-14/h3-5,8H,6-7,9H2,1-2H3,(H,17,18)/b16-10+. The number of benzene rings is 1. The van der Waals surface area contributed by atoms with E-state index in [2.05, 4.69) is 33.1 Å². The molecule has 1 aromatic rings. The Balaban J connectivity index is 1.93. The topological polar surface area (TPSA) is 59.9 Å². The molecule has 108 valence electrons. The van der Waals surface area contributed by atoms with Crippen molar-refractivity contribution < 1.29 is 14.3 Å². The SMILES string of the molecule is C/C(=N\NC(=O)CC1(C)OCCO1)c1cccc(I)c1. The van der Waals surface area contributed by atoms with Gasteiger partial charge >= 0.3 is 0 Å². The van der Waals surface area contributed by atoms with Gasteiger partial charge in [0.2, 0.25) is 5.91 Å². The molecule has 0 unspecified atom stereocenters. The molecular formula is C14H17IN2O3. The second-order valence-corrected chi connectivity index (χ2v) is 6.00. The van der Waals surface area contributed by atoms with Gasteiger partial charge in [-0.2, -0.15) is 5.10 Å². The zero-order valence-corrected chi connectivity index (χ0v) is 13.6. The first-order valence-corrected chi connectivity index (χ1v) is 7.43. The molecular weight excluding hydrogens is 371 g/mol. The van der Waals surface area contributed by atoms with Crippen LogP contribution in [0.5, 0.6) is 0 Å². The van der Waals surface area contributed by atoms with E-state index in [0.29, 0.717) is 13.2 Å². The van der Waals surface area contributed by atoms with Gasteiger partial charge in [0, 0.05) is 3.57 Å². The van der Waals surface area contributed by atoms with Gasteiger partial charge in [0.15, 0.2) is 5.79 Å². The maximum Gasteiger partial charge on any atom is 0.245 e. The van der Waals surface area contributed by atoms with Crippen LogP contribution in [0, 0.1) is 3.57 Å². The molecule has 1 aromatic carbocycles. The van der Waals surface area contributed by atoms with Crippen LogP contribution in [-0.2, 0) is 14.3 Å². The van der Waals surface area contributed by atoms with Crippen LogP contribution in [0.4, 0.5) is 0 Å². The molecule has 1 fully saturated rings. The van der Waals surface area contributed by atoms with Crippen LogP contribution in [0.25, 0.3) is 0 Å². The van der Waals surface area contributed by atoms with Gasteiger partial charge in [-0.05, 0) is 54.1 Å². The molecule has 0 aromatic heterocycles. The van der Waals surface area contributed by atoms with E-state index >= 15 is 0 Å². The zero-order chi connectivity index (χ0) is 14.6. The van der Waals surface area contributed by atoms with Crippen molar-refractivity contribution in [1.29, 1.82) is 0 Å². The number of hydrogen-bond donors (Lipinski definition) is 1. The Bertz CT molecular complexity index is 525. The fourth-order valence-electron chi connectivity index (χ4n) is 1.91. The number of nitrogens with zero attached hydrogens (tertiary/aromatic N) is 1. The highest BCUT2D eigenvalue weighted by Crippen LogP contribution is 2.22. The Kier molecular flexibility index (Phi) is 5.11. The third-order valence-corrected chi connectivity index (χ3v) is 3.64. The lowest BCUT2D eigenvalue weighted by Gasteiger charge is -2.20. The molecule has 2 rings (SSSR count). The van der Waals surface area contributed by atoms with E-state index in [0.717, 1.165) is 14.8 Å². The first kappa shape index (κ1) is 15.4. The monoisotopic (exact) mass is 388 g/mol. The quantitative estimate of drug-likeness (QED) is 0.489. The fourth-order valence-corrected chi connectivity index (χ4v) is 2.46. The first-order valence-electron chi connectivity index (χ1n) is 6.35. The molecule has 1 saturated heterocycles. The Morgan fingerprint density at radius 3 is 2.80 bits per heavy atom. The molecule has 0 bridgehead atoms. The highest BCUT2D eigenvalue weighted by atomic mass is 127. The first-order chi connectivity index (χ1) is 9.48. The molecule has 0 atom stereocenters. The highest BCUT2D eigenvalue weighted by molar-refractivity contribution is 14.1. The van der Waals surface area contributed by atoms with Crippen LogP contribution in [-0.4, -0.2) is 30.6 Å². The predicted octanol–water partition coefficient (Wildman–Crippen LogP) is 2.28. The van der Waals surface area contributed by atoms with Crippen LogP contribution in [0.2, 0.25) is 0 Å². The molecule has 1 N–H and O–H groups in total. The van der Waals surface area contributed by atoms with E-state index in [1.807, 2.05) is 31.2 Å². The summed E-state index contributed by atoms with van der Waals surface area (Å²) in [7, 11) is 0. The van der Waals surface area contributed by atoms with E-state index < -0.39 is 5.79 Å². The number of amides is 1. The summed E-state index contributed by atoms with van der Waals surface area (Å²) in [6.07, 6.45) is 0.135. The van der Waals surface area contributed by atoms with Gasteiger partial charge in [-0.15, -0.1) is 0 Å². The summed E-state index contributed by atoms with van der Waals surface area (Å²) in [5.41, 5.74) is 4.28. The van der Waals surface area contributed by atoms with Crippen molar-refractivity contribution in [1.82, 2.24) is 5.43 Å². The smallest absolute Gasteiger partial charge is 0.245 e. The third-order valence-electron chi connectivity index (χ3n) is 2.97. The van der Waals surface area contributed by atoms with Crippen LogP contribution < -0.4 is 5.43 Å². The summed E-state index contributed by atoms with van der Waals surface area (Å²) < 4.78 is 11.9. The fraction of sp³-hybridized carbons (Fsp3) is 0.429. The number of nitrogens with one attached hydrogen (secondary N) is 1. The molecule has 1 aliphatic heterocycles. The normalized spacial score (nSPS) is 18.1. The molecule has 1 amide bonds. The second kappa shape index (κ2) is 6.64. The summed E-state index contributed by atoms with van der Waals surface area (Å²) in [5, 5.41) is 4.11. The van der Waals surface area contributed by atoms with Crippen molar-refractivity contribution in [2.24, 2.45) is 5.10 Å². The minimum Gasteiger partial charge on any atom is -0.347 e. The maximum absolute atomic E-state index is 11.8. The van der Waals surface area contributed by atoms with Crippen molar-refractivity contribution in [3.8, 4) is 0 Å². The number of carbonyl (C=O) groups excluding carboxylic acids is 1. The number of hydrazone groups is 1. The van der Waals surface area contributed by atoms with E-state index in [-0.39, 0.29) is 12.3 Å². The van der Waals surface area contributed by atoms with Gasteiger partial charge in [-0.1, -0.05) is 12.1 Å². The molecule has 0 aliphatic carbocycles. The number of halogens is 1. The molecule has 20 heavy (non-hydrogen) atoms. The molecule has 1 heterocycles. The Morgan fingerprint density at radius 2 is 2.15 bits per heavy atom. The molecule has 1 aliphatic rings. The summed E-state index contributed by atoms with van der Waals surface area (Å²) >= 11 is 2.24. The van der Waals surface area contributed by atoms with Crippen molar-refractivity contribution in [2.75, 3.05) is 13.2 Å². The summed E-state index contributed by atoms with van der Waals surface area (Å²) in [5.74, 6) is -1.05. The molecule has 0 spiro atoms. The van der Waals surface area contributed by atoms with Crippen molar-refractivity contribution in [2.45, 2.75) is 26.1 Å². The van der Waals surface area contributed by atoms with E-state index in [9.17, 15) is 4.79 Å². The minimum atomic E-state index is -0.824. The average Bonchev–Trinajstić information content (AvgIpc) is 2.82. The maximum atomic E-state index is 11.8. The number of carbonyl (C=O) groups is 1. The van der Waals surface area contributed by atoms with Crippen LogP contribution >= 0.6 is 22.6 Å². The van der Waals surface area contributed by atoms with Gasteiger partial charge in [0.1, 0.15) is 0 Å². The van der Waals surface area contributed by atoms with Crippen LogP contribution in [0.15, 0.2) is 29.4 Å². The van der Waals surface area contributed by atoms with Crippen LogP contribution in [0.1, 0.15) is 25.8 Å². The van der Waals surface area contributed by atoms with Crippen molar-refractivity contribution in [3.63, 3.8) is 0 Å². The van der Waals surface area contributed by atoms with Crippen molar-refractivity contribution in [3.05, 3.63) is 33.4 Å².